The summed E-state index contributed by atoms with van der Waals surface area (Å²) in [5, 5.41) is 3.43. The quantitative estimate of drug-likeness (QED) is 0.869. The Morgan fingerprint density at radius 1 is 1.14 bits per heavy atom. The van der Waals surface area contributed by atoms with Gasteiger partial charge in [0, 0.05) is 29.8 Å². The van der Waals surface area contributed by atoms with Crippen LogP contribution in [0.1, 0.15) is 32.3 Å². The summed E-state index contributed by atoms with van der Waals surface area (Å²) in [4.78, 5) is 16.9. The first-order valence-corrected chi connectivity index (χ1v) is 8.15. The lowest BCUT2D eigenvalue weighted by Crippen LogP contribution is -2.16. The van der Waals surface area contributed by atoms with Gasteiger partial charge in [-0.25, -0.2) is 19.9 Å². The van der Waals surface area contributed by atoms with Crippen LogP contribution in [-0.2, 0) is 22.8 Å². The van der Waals surface area contributed by atoms with Gasteiger partial charge < -0.3 is 5.32 Å². The summed E-state index contributed by atoms with van der Waals surface area (Å²) in [5.74, 6) is 1.31. The average molecular weight is 305 g/mol. The molecular weight excluding hydrogens is 286 g/mol. The number of aromatic nitrogens is 4. The first-order valence-electron chi connectivity index (χ1n) is 6.59. The van der Waals surface area contributed by atoms with E-state index in [9.17, 15) is 4.21 Å². The van der Waals surface area contributed by atoms with E-state index in [-0.39, 0.29) is 5.41 Å². The zero-order chi connectivity index (χ0) is 15.5. The molecule has 0 radical (unpaired) electrons. The molecule has 0 bridgehead atoms. The van der Waals surface area contributed by atoms with E-state index in [1.54, 1.807) is 24.7 Å². The van der Waals surface area contributed by atoms with E-state index in [0.29, 0.717) is 23.3 Å². The maximum absolute atomic E-state index is 11.4. The molecule has 1 unspecified atom stereocenters. The molecule has 0 aliphatic rings. The summed E-state index contributed by atoms with van der Waals surface area (Å²) in [6, 6.07) is 3.65. The van der Waals surface area contributed by atoms with Gasteiger partial charge in [0.2, 0.25) is 5.16 Å². The molecule has 1 N–H and O–H groups in total. The van der Waals surface area contributed by atoms with Crippen LogP contribution in [0.3, 0.4) is 0 Å². The fraction of sp³-hybridized carbons (Fsp3) is 0.429. The Bertz CT molecular complexity index is 654. The minimum absolute atomic E-state index is 0.0150. The topological polar surface area (TPSA) is 80.7 Å². The van der Waals surface area contributed by atoms with E-state index in [1.165, 1.54) is 0 Å². The van der Waals surface area contributed by atoms with E-state index < -0.39 is 10.8 Å². The molecule has 2 heterocycles. The first kappa shape index (κ1) is 15.5. The van der Waals surface area contributed by atoms with Crippen molar-refractivity contribution >= 4 is 16.6 Å². The first-order chi connectivity index (χ1) is 9.86. The van der Waals surface area contributed by atoms with Crippen molar-refractivity contribution in [1.82, 2.24) is 19.9 Å². The highest BCUT2D eigenvalue weighted by molar-refractivity contribution is 7.84. The second kappa shape index (κ2) is 6.26. The van der Waals surface area contributed by atoms with Crippen molar-refractivity contribution in [2.24, 2.45) is 0 Å². The second-order valence-electron chi connectivity index (χ2n) is 5.64. The molecular formula is C14H19N5OS. The van der Waals surface area contributed by atoms with Crippen LogP contribution >= 0.6 is 0 Å². The summed E-state index contributed by atoms with van der Waals surface area (Å²) in [6.07, 6.45) is 4.89. The molecule has 0 fully saturated rings. The maximum atomic E-state index is 11.4. The van der Waals surface area contributed by atoms with Crippen molar-refractivity contribution in [1.29, 1.82) is 0 Å². The summed E-state index contributed by atoms with van der Waals surface area (Å²) >= 11 is 0. The smallest absolute Gasteiger partial charge is 0.220 e. The Morgan fingerprint density at radius 3 is 2.52 bits per heavy atom. The molecule has 21 heavy (non-hydrogen) atoms. The van der Waals surface area contributed by atoms with Crippen LogP contribution in [-0.4, -0.2) is 30.4 Å². The third-order valence-electron chi connectivity index (χ3n) is 2.79. The van der Waals surface area contributed by atoms with Crippen LogP contribution in [0.2, 0.25) is 0 Å². The van der Waals surface area contributed by atoms with Crippen molar-refractivity contribution in [3.63, 3.8) is 0 Å². The van der Waals surface area contributed by atoms with Gasteiger partial charge in [0.1, 0.15) is 11.6 Å². The number of nitrogens with one attached hydrogen (secondary N) is 1. The molecule has 6 nitrogen and oxygen atoms in total. The third kappa shape index (κ3) is 4.29. The number of nitrogens with zero attached hydrogens (tertiary/aromatic N) is 4. The van der Waals surface area contributed by atoms with Crippen molar-refractivity contribution in [2.75, 3.05) is 11.6 Å². The predicted octanol–water partition coefficient (Wildman–Crippen LogP) is 1.91. The number of anilines is 1. The Labute approximate surface area is 126 Å². The van der Waals surface area contributed by atoms with E-state index >= 15 is 0 Å². The number of hydrogen-bond acceptors (Lipinski definition) is 6. The Kier molecular flexibility index (Phi) is 4.62. The lowest BCUT2D eigenvalue weighted by atomic mass is 9.92. The lowest BCUT2D eigenvalue weighted by Gasteiger charge is -2.17. The van der Waals surface area contributed by atoms with E-state index in [1.807, 2.05) is 6.07 Å². The van der Waals surface area contributed by atoms with Crippen LogP contribution in [0.5, 0.6) is 0 Å². The molecule has 0 spiro atoms. The molecule has 0 aromatic carbocycles. The molecule has 2 aromatic heterocycles. The molecule has 0 aliphatic heterocycles. The van der Waals surface area contributed by atoms with Gasteiger partial charge in [-0.15, -0.1) is 0 Å². The maximum Gasteiger partial charge on any atom is 0.220 e. The minimum Gasteiger partial charge on any atom is -0.363 e. The zero-order valence-corrected chi connectivity index (χ0v) is 13.4. The zero-order valence-electron chi connectivity index (χ0n) is 12.6. The molecule has 2 aromatic rings. The molecule has 0 amide bonds. The molecule has 0 saturated carbocycles. The van der Waals surface area contributed by atoms with Gasteiger partial charge in [-0.2, -0.15) is 0 Å². The van der Waals surface area contributed by atoms with Gasteiger partial charge in [0.15, 0.2) is 0 Å². The monoisotopic (exact) mass is 305 g/mol. The molecule has 0 saturated heterocycles. The van der Waals surface area contributed by atoms with Crippen LogP contribution in [0.15, 0.2) is 29.7 Å². The summed E-state index contributed by atoms with van der Waals surface area (Å²) < 4.78 is 11.4. The van der Waals surface area contributed by atoms with E-state index in [2.05, 4.69) is 46.0 Å². The van der Waals surface area contributed by atoms with Crippen LogP contribution in [0, 0.1) is 0 Å². The molecule has 112 valence electrons. The van der Waals surface area contributed by atoms with Crippen molar-refractivity contribution < 1.29 is 4.21 Å². The Balaban J connectivity index is 2.10. The summed E-state index contributed by atoms with van der Waals surface area (Å²) in [5.41, 5.74) is 0.978. The van der Waals surface area contributed by atoms with E-state index in [0.717, 1.165) is 5.69 Å². The highest BCUT2D eigenvalue weighted by atomic mass is 32.2. The highest BCUT2D eigenvalue weighted by Gasteiger charge is 2.15. The molecule has 2 rings (SSSR count). The van der Waals surface area contributed by atoms with Gasteiger partial charge in [0.25, 0.3) is 0 Å². The predicted molar refractivity (Wildman–Crippen MR) is 82.4 cm³/mol. The fourth-order valence-corrected chi connectivity index (χ4v) is 2.09. The molecule has 7 heteroatoms. The number of rotatable bonds is 4. The van der Waals surface area contributed by atoms with Crippen molar-refractivity contribution in [3.05, 3.63) is 36.0 Å². The fourth-order valence-electron chi connectivity index (χ4n) is 1.65. The normalized spacial score (nSPS) is 13.0. The summed E-state index contributed by atoms with van der Waals surface area (Å²) in [6.45, 7) is 6.79. The van der Waals surface area contributed by atoms with Gasteiger partial charge >= 0.3 is 0 Å². The lowest BCUT2D eigenvalue weighted by molar-refractivity contribution is 0.562. The third-order valence-corrected chi connectivity index (χ3v) is 3.50. The Morgan fingerprint density at radius 2 is 1.86 bits per heavy atom. The molecule has 1 atom stereocenters. The van der Waals surface area contributed by atoms with Crippen LogP contribution in [0.4, 0.5) is 5.82 Å². The average Bonchev–Trinajstić information content (AvgIpc) is 2.45. The van der Waals surface area contributed by atoms with Gasteiger partial charge in [0.05, 0.1) is 17.3 Å². The van der Waals surface area contributed by atoms with Crippen molar-refractivity contribution in [2.45, 2.75) is 37.9 Å². The molecule has 0 aliphatic carbocycles. The SMILES string of the molecule is CS(=O)c1nccc(NCc2nccc(C(C)(C)C)n2)n1. The minimum atomic E-state index is -1.20. The summed E-state index contributed by atoms with van der Waals surface area (Å²) in [7, 11) is -1.20. The standard InChI is InChI=1S/C14H19N5OS/c1-14(2,3)10-5-7-15-12(18-10)9-17-11-6-8-16-13(19-11)21(4)20/h5-8H,9H2,1-4H3,(H,16,17,19). The van der Waals surface area contributed by atoms with E-state index in [4.69, 9.17) is 0 Å². The Hall–Kier alpha value is -1.89. The second-order valence-corrected chi connectivity index (χ2v) is 6.91. The van der Waals surface area contributed by atoms with Crippen LogP contribution in [0.25, 0.3) is 0 Å². The van der Waals surface area contributed by atoms with Gasteiger partial charge in [-0.05, 0) is 12.1 Å². The van der Waals surface area contributed by atoms with Gasteiger partial charge in [-0.1, -0.05) is 20.8 Å². The van der Waals surface area contributed by atoms with Crippen molar-refractivity contribution in [3.8, 4) is 0 Å². The van der Waals surface area contributed by atoms with Gasteiger partial charge in [-0.3, -0.25) is 4.21 Å². The highest BCUT2D eigenvalue weighted by Crippen LogP contribution is 2.19. The largest absolute Gasteiger partial charge is 0.363 e. The van der Waals surface area contributed by atoms with Crippen LogP contribution < -0.4 is 5.32 Å². The number of hydrogen-bond donors (Lipinski definition) is 1.